The Labute approximate surface area is 193 Å². The minimum atomic E-state index is -2.53. The highest BCUT2D eigenvalue weighted by Crippen LogP contribution is 2.34. The molecule has 0 radical (unpaired) electrons. The van der Waals surface area contributed by atoms with Gasteiger partial charge in [-0.1, -0.05) is 37.3 Å². The summed E-state index contributed by atoms with van der Waals surface area (Å²) in [6, 6.07) is 10.4. The van der Waals surface area contributed by atoms with Crippen molar-refractivity contribution in [1.82, 2.24) is 25.5 Å². The average Bonchev–Trinajstić information content (AvgIpc) is 2.78. The Balaban J connectivity index is 1.78. The third kappa shape index (κ3) is 5.53. The number of alkyl halides is 1. The molecule has 1 aromatic carbocycles. The van der Waals surface area contributed by atoms with Crippen molar-refractivity contribution in [2.24, 2.45) is 0 Å². The first-order chi connectivity index (χ1) is 15.6. The summed E-state index contributed by atoms with van der Waals surface area (Å²) in [7, 11) is 1.54. The predicted molar refractivity (Wildman–Crippen MR) is 121 cm³/mol. The normalized spacial score (nSPS) is 17.1. The molecule has 1 aromatic heterocycles. The molecule has 176 valence electrons. The molecule has 0 bridgehead atoms. The van der Waals surface area contributed by atoms with Gasteiger partial charge in [-0.2, -0.15) is 0 Å². The van der Waals surface area contributed by atoms with Crippen LogP contribution in [0.5, 0.6) is 0 Å². The van der Waals surface area contributed by atoms with Gasteiger partial charge in [0.25, 0.3) is 17.6 Å². The van der Waals surface area contributed by atoms with E-state index in [4.69, 9.17) is 0 Å². The number of hydrogen-bond donors (Lipinski definition) is 2. The molecule has 0 spiro atoms. The summed E-state index contributed by atoms with van der Waals surface area (Å²) in [6.07, 6.45) is 0.740. The Morgan fingerprint density at radius 2 is 1.79 bits per heavy atom. The Kier molecular flexibility index (Phi) is 7.09. The van der Waals surface area contributed by atoms with Crippen molar-refractivity contribution >= 4 is 17.7 Å². The maximum atomic E-state index is 15.9. The minimum Gasteiger partial charge on any atom is -0.354 e. The number of nitrogens with zero attached hydrogens (tertiary/aromatic N) is 3. The number of halogens is 1. The number of piperidine rings is 1. The highest BCUT2D eigenvalue weighted by molar-refractivity contribution is 5.92. The molecule has 3 amide bonds. The predicted octanol–water partition coefficient (Wildman–Crippen LogP) is 2.07. The van der Waals surface area contributed by atoms with E-state index in [9.17, 15) is 14.4 Å². The topological polar surface area (TPSA) is 104 Å². The number of rotatable bonds is 6. The number of hydrogen-bond acceptors (Lipinski definition) is 5. The molecule has 1 atom stereocenters. The van der Waals surface area contributed by atoms with Crippen molar-refractivity contribution in [3.63, 3.8) is 0 Å². The van der Waals surface area contributed by atoms with Gasteiger partial charge in [-0.05, 0) is 31.4 Å². The number of aryl methyl sites for hydroxylation is 1. The standard InChI is InChI=1S/C24H30FN5O3/c1-16-14-19(20(32)26-4)28-21(27-16)23(3)10-12-30(13-11-23)22(33)24(25,29-17(2)31)15-18-8-6-5-7-9-18/h5-9,14H,10-13,15H2,1-4H3,(H,26,32)(H,29,31). The highest BCUT2D eigenvalue weighted by atomic mass is 19.1. The number of carbonyl (C=O) groups excluding carboxylic acids is 3. The van der Waals surface area contributed by atoms with E-state index in [1.165, 1.54) is 11.8 Å². The van der Waals surface area contributed by atoms with Gasteiger partial charge in [0.1, 0.15) is 11.5 Å². The van der Waals surface area contributed by atoms with Crippen LogP contribution in [-0.2, 0) is 21.4 Å². The van der Waals surface area contributed by atoms with E-state index in [0.29, 0.717) is 29.9 Å². The third-order valence-electron chi connectivity index (χ3n) is 6.01. The molecule has 1 aliphatic rings. The maximum absolute atomic E-state index is 15.9. The molecule has 1 unspecified atom stereocenters. The van der Waals surface area contributed by atoms with Gasteiger partial charge in [0.15, 0.2) is 0 Å². The van der Waals surface area contributed by atoms with Crippen molar-refractivity contribution in [2.75, 3.05) is 20.1 Å². The van der Waals surface area contributed by atoms with E-state index < -0.39 is 23.0 Å². The Morgan fingerprint density at radius 1 is 1.15 bits per heavy atom. The number of nitrogens with one attached hydrogen (secondary N) is 2. The van der Waals surface area contributed by atoms with Gasteiger partial charge in [0.05, 0.1) is 0 Å². The molecular formula is C24H30FN5O3. The lowest BCUT2D eigenvalue weighted by Crippen LogP contribution is -2.59. The van der Waals surface area contributed by atoms with Gasteiger partial charge in [-0.25, -0.2) is 14.4 Å². The van der Waals surface area contributed by atoms with Crippen LogP contribution in [0.1, 0.15) is 54.3 Å². The SMILES string of the molecule is CNC(=O)c1cc(C)nc(C2(C)CCN(C(=O)C(F)(Cc3ccccc3)NC(C)=O)CC2)n1. The van der Waals surface area contributed by atoms with Crippen LogP contribution in [0.15, 0.2) is 36.4 Å². The largest absolute Gasteiger partial charge is 0.354 e. The van der Waals surface area contributed by atoms with Crippen molar-refractivity contribution < 1.29 is 18.8 Å². The zero-order chi connectivity index (χ0) is 24.2. The molecule has 3 rings (SSSR count). The lowest BCUT2D eigenvalue weighted by Gasteiger charge is -2.41. The molecule has 2 N–H and O–H groups in total. The fraction of sp³-hybridized carbons (Fsp3) is 0.458. The Hall–Kier alpha value is -3.36. The molecule has 8 nitrogen and oxygen atoms in total. The molecule has 1 saturated heterocycles. The quantitative estimate of drug-likeness (QED) is 0.649. The molecule has 2 heterocycles. The lowest BCUT2D eigenvalue weighted by atomic mass is 9.79. The molecule has 2 aromatic rings. The van der Waals surface area contributed by atoms with Crippen LogP contribution >= 0.6 is 0 Å². The Bertz CT molecular complexity index is 1040. The van der Waals surface area contributed by atoms with E-state index in [1.807, 2.05) is 6.92 Å². The van der Waals surface area contributed by atoms with Crippen LogP contribution in [0, 0.1) is 6.92 Å². The van der Waals surface area contributed by atoms with Crippen LogP contribution in [0.25, 0.3) is 0 Å². The zero-order valence-electron chi connectivity index (χ0n) is 19.4. The first-order valence-electron chi connectivity index (χ1n) is 11.0. The maximum Gasteiger partial charge on any atom is 0.281 e. The summed E-state index contributed by atoms with van der Waals surface area (Å²) >= 11 is 0. The number of amides is 3. The van der Waals surface area contributed by atoms with Crippen molar-refractivity contribution in [3.05, 3.63) is 59.2 Å². The molecular weight excluding hydrogens is 425 g/mol. The van der Waals surface area contributed by atoms with Crippen LogP contribution in [-0.4, -0.2) is 58.5 Å². The van der Waals surface area contributed by atoms with Crippen LogP contribution in [0.3, 0.4) is 0 Å². The number of likely N-dealkylation sites (tertiary alicyclic amines) is 1. The van der Waals surface area contributed by atoms with E-state index in [1.54, 1.807) is 50.4 Å². The first-order valence-corrected chi connectivity index (χ1v) is 11.0. The van der Waals surface area contributed by atoms with E-state index >= 15 is 4.39 Å². The van der Waals surface area contributed by atoms with Gasteiger partial charge >= 0.3 is 0 Å². The second-order valence-electron chi connectivity index (χ2n) is 8.79. The average molecular weight is 456 g/mol. The van der Waals surface area contributed by atoms with Gasteiger partial charge in [-0.3, -0.25) is 14.4 Å². The molecule has 1 fully saturated rings. The van der Waals surface area contributed by atoms with Gasteiger partial charge < -0.3 is 15.5 Å². The lowest BCUT2D eigenvalue weighted by molar-refractivity contribution is -0.151. The fourth-order valence-electron chi connectivity index (χ4n) is 4.09. The summed E-state index contributed by atoms with van der Waals surface area (Å²) < 4.78 is 15.9. The number of carbonyl (C=O) groups is 3. The third-order valence-corrected chi connectivity index (χ3v) is 6.01. The second-order valence-corrected chi connectivity index (χ2v) is 8.79. The zero-order valence-corrected chi connectivity index (χ0v) is 19.4. The van der Waals surface area contributed by atoms with Gasteiger partial charge in [-0.15, -0.1) is 0 Å². The number of benzene rings is 1. The molecule has 9 heteroatoms. The van der Waals surface area contributed by atoms with E-state index in [0.717, 1.165) is 0 Å². The molecule has 0 aliphatic carbocycles. The summed E-state index contributed by atoms with van der Waals surface area (Å²) in [5, 5.41) is 4.79. The first kappa shape index (κ1) is 24.3. The van der Waals surface area contributed by atoms with Crippen LogP contribution in [0.2, 0.25) is 0 Å². The van der Waals surface area contributed by atoms with Crippen molar-refractivity contribution in [1.29, 1.82) is 0 Å². The van der Waals surface area contributed by atoms with Crippen molar-refractivity contribution in [3.8, 4) is 0 Å². The fourth-order valence-corrected chi connectivity index (χ4v) is 4.09. The molecule has 0 saturated carbocycles. The van der Waals surface area contributed by atoms with Crippen molar-refractivity contribution in [2.45, 2.75) is 51.2 Å². The van der Waals surface area contributed by atoms with Crippen LogP contribution in [0.4, 0.5) is 4.39 Å². The summed E-state index contributed by atoms with van der Waals surface area (Å²) in [6.45, 7) is 5.54. The van der Waals surface area contributed by atoms with Gasteiger partial charge in [0.2, 0.25) is 5.91 Å². The smallest absolute Gasteiger partial charge is 0.281 e. The molecule has 33 heavy (non-hydrogen) atoms. The Morgan fingerprint density at radius 3 is 2.36 bits per heavy atom. The summed E-state index contributed by atoms with van der Waals surface area (Å²) in [4.78, 5) is 47.4. The highest BCUT2D eigenvalue weighted by Gasteiger charge is 2.45. The summed E-state index contributed by atoms with van der Waals surface area (Å²) in [5.74, 6) is -3.67. The van der Waals surface area contributed by atoms with E-state index in [2.05, 4.69) is 20.6 Å². The number of aromatic nitrogens is 2. The van der Waals surface area contributed by atoms with Crippen LogP contribution < -0.4 is 10.6 Å². The summed E-state index contributed by atoms with van der Waals surface area (Å²) in [5.41, 5.74) is 1.10. The van der Waals surface area contributed by atoms with Gasteiger partial charge in [0, 0.05) is 44.6 Å². The second kappa shape index (κ2) is 9.64. The monoisotopic (exact) mass is 455 g/mol. The van der Waals surface area contributed by atoms with E-state index in [-0.39, 0.29) is 31.1 Å². The minimum absolute atomic E-state index is 0.253. The molecule has 1 aliphatic heterocycles.